The molecular weight excluding hydrogens is 436 g/mol. The van der Waals surface area contributed by atoms with Crippen molar-refractivity contribution in [3.8, 4) is 11.3 Å². The Morgan fingerprint density at radius 1 is 1.06 bits per heavy atom. The molecule has 0 fully saturated rings. The van der Waals surface area contributed by atoms with Gasteiger partial charge in [0.05, 0.1) is 17.1 Å². The lowest BCUT2D eigenvalue weighted by Crippen LogP contribution is -2.27. The normalized spacial score (nSPS) is 15.1. The van der Waals surface area contributed by atoms with Crippen molar-refractivity contribution in [2.75, 3.05) is 18.0 Å². The van der Waals surface area contributed by atoms with Crippen molar-refractivity contribution in [1.82, 2.24) is 10.1 Å². The van der Waals surface area contributed by atoms with Crippen LogP contribution in [0.15, 0.2) is 33.9 Å². The Morgan fingerprint density at radius 3 is 2.54 bits per heavy atom. The highest BCUT2D eigenvalue weighted by molar-refractivity contribution is 5.82. The minimum Gasteiger partial charge on any atom is -0.385 e. The van der Waals surface area contributed by atoms with E-state index in [0.29, 0.717) is 5.76 Å². The molecule has 1 aliphatic rings. The van der Waals surface area contributed by atoms with Crippen molar-refractivity contribution in [2.24, 2.45) is 5.16 Å². The first-order chi connectivity index (χ1) is 16.7. The Hall–Kier alpha value is -3.15. The molecule has 0 bridgehead atoms. The number of aromatic nitrogens is 2. The van der Waals surface area contributed by atoms with Crippen LogP contribution >= 0.6 is 0 Å². The van der Waals surface area contributed by atoms with Crippen molar-refractivity contribution < 1.29 is 9.36 Å². The van der Waals surface area contributed by atoms with Gasteiger partial charge in [-0.05, 0) is 90.5 Å². The Labute approximate surface area is 209 Å². The van der Waals surface area contributed by atoms with Gasteiger partial charge in [-0.25, -0.2) is 0 Å². The van der Waals surface area contributed by atoms with Gasteiger partial charge < -0.3 is 14.3 Å². The number of pyridine rings is 1. The standard InChI is InChI=1S/C29H38N4O2/c1-18-14-20(3)29(21(4)15-18)26-17-28(35-32-26)24(7)34-31-22(5)11-13-33-12-9-8-10-25-27(33)16-19(2)23(6)30-25/h14-17,24H,8-13H2,1-7H3/b31-22-/t24-/m0/s1. The molecule has 35 heavy (non-hydrogen) atoms. The summed E-state index contributed by atoms with van der Waals surface area (Å²) in [6.45, 7) is 16.5. The van der Waals surface area contributed by atoms with Gasteiger partial charge in [0.1, 0.15) is 5.69 Å². The second kappa shape index (κ2) is 10.6. The fraction of sp³-hybridized carbons (Fsp3) is 0.483. The van der Waals surface area contributed by atoms with Crippen LogP contribution in [-0.2, 0) is 11.3 Å². The van der Waals surface area contributed by atoms with Crippen LogP contribution in [0.2, 0.25) is 0 Å². The van der Waals surface area contributed by atoms with E-state index in [9.17, 15) is 0 Å². The quantitative estimate of drug-likeness (QED) is 0.273. The second-order valence-corrected chi connectivity index (χ2v) is 10.0. The van der Waals surface area contributed by atoms with Gasteiger partial charge in [0.25, 0.3) is 0 Å². The van der Waals surface area contributed by atoms with Gasteiger partial charge in [0.15, 0.2) is 11.9 Å². The highest BCUT2D eigenvalue weighted by Crippen LogP contribution is 2.31. The summed E-state index contributed by atoms with van der Waals surface area (Å²) < 4.78 is 5.62. The summed E-state index contributed by atoms with van der Waals surface area (Å²) in [7, 11) is 0. The maximum absolute atomic E-state index is 5.81. The van der Waals surface area contributed by atoms with Crippen molar-refractivity contribution in [2.45, 2.75) is 80.3 Å². The topological polar surface area (TPSA) is 63.8 Å². The van der Waals surface area contributed by atoms with E-state index in [4.69, 9.17) is 14.3 Å². The summed E-state index contributed by atoms with van der Waals surface area (Å²) in [4.78, 5) is 13.1. The van der Waals surface area contributed by atoms with Crippen molar-refractivity contribution in [3.05, 3.63) is 63.7 Å². The zero-order valence-corrected chi connectivity index (χ0v) is 22.2. The van der Waals surface area contributed by atoms with Crippen LogP contribution in [0.1, 0.15) is 78.6 Å². The van der Waals surface area contributed by atoms with Crippen LogP contribution in [0.3, 0.4) is 0 Å². The summed E-state index contributed by atoms with van der Waals surface area (Å²) in [6, 6.07) is 8.61. The van der Waals surface area contributed by atoms with Crippen LogP contribution < -0.4 is 4.90 Å². The average molecular weight is 475 g/mol. The SMILES string of the molecule is C/C(CCN1CCCCc2nc(C)c(C)cc21)=N/O[C@@H](C)c1cc(-c2c(C)cc(C)cc2C)no1. The number of benzene rings is 1. The highest BCUT2D eigenvalue weighted by Gasteiger charge is 2.19. The number of aryl methyl sites for hydroxylation is 6. The first-order valence-electron chi connectivity index (χ1n) is 12.7. The van der Waals surface area contributed by atoms with Crippen LogP contribution in [0.25, 0.3) is 11.3 Å². The summed E-state index contributed by atoms with van der Waals surface area (Å²) in [5, 5.41) is 8.72. The summed E-state index contributed by atoms with van der Waals surface area (Å²) in [6.07, 6.45) is 3.95. The molecule has 0 amide bonds. The molecule has 0 saturated carbocycles. The fourth-order valence-electron chi connectivity index (χ4n) is 4.89. The van der Waals surface area contributed by atoms with Gasteiger partial charge in [-0.1, -0.05) is 28.0 Å². The molecule has 0 spiro atoms. The van der Waals surface area contributed by atoms with Gasteiger partial charge >= 0.3 is 0 Å². The van der Waals surface area contributed by atoms with Crippen molar-refractivity contribution in [3.63, 3.8) is 0 Å². The largest absolute Gasteiger partial charge is 0.385 e. The molecule has 186 valence electrons. The van der Waals surface area contributed by atoms with Gasteiger partial charge in [-0.2, -0.15) is 0 Å². The third-order valence-electron chi connectivity index (χ3n) is 6.93. The first kappa shape index (κ1) is 25.0. The lowest BCUT2D eigenvalue weighted by Gasteiger charge is -2.25. The molecule has 6 nitrogen and oxygen atoms in total. The van der Waals surface area contributed by atoms with Crippen LogP contribution in [0.4, 0.5) is 5.69 Å². The van der Waals surface area contributed by atoms with Crippen molar-refractivity contribution >= 4 is 11.4 Å². The molecule has 0 N–H and O–H groups in total. The number of hydrogen-bond acceptors (Lipinski definition) is 6. The van der Waals surface area contributed by atoms with E-state index in [1.165, 1.54) is 46.5 Å². The molecule has 2 aromatic heterocycles. The van der Waals surface area contributed by atoms with Gasteiger partial charge in [0.2, 0.25) is 0 Å². The molecule has 0 radical (unpaired) electrons. The second-order valence-electron chi connectivity index (χ2n) is 10.0. The lowest BCUT2D eigenvalue weighted by atomic mass is 9.97. The number of hydrogen-bond donors (Lipinski definition) is 0. The number of nitrogens with zero attached hydrogens (tertiary/aromatic N) is 4. The van der Waals surface area contributed by atoms with E-state index in [1.54, 1.807) is 0 Å². The van der Waals surface area contributed by atoms with E-state index < -0.39 is 0 Å². The molecule has 1 aliphatic heterocycles. The minimum absolute atomic E-state index is 0.314. The molecule has 3 aromatic rings. The first-order valence-corrected chi connectivity index (χ1v) is 12.7. The number of fused-ring (bicyclic) bond motifs is 1. The Balaban J connectivity index is 1.39. The van der Waals surface area contributed by atoms with Gasteiger partial charge in [-0.3, -0.25) is 4.98 Å². The zero-order chi connectivity index (χ0) is 25.1. The molecule has 6 heteroatoms. The highest BCUT2D eigenvalue weighted by atomic mass is 16.6. The Kier molecular flexibility index (Phi) is 7.58. The fourth-order valence-corrected chi connectivity index (χ4v) is 4.89. The van der Waals surface area contributed by atoms with E-state index in [-0.39, 0.29) is 6.10 Å². The molecular formula is C29H38N4O2. The number of rotatable bonds is 7. The number of oxime groups is 1. The van der Waals surface area contributed by atoms with E-state index in [2.05, 4.69) is 68.0 Å². The monoisotopic (exact) mass is 474 g/mol. The van der Waals surface area contributed by atoms with Gasteiger partial charge in [-0.15, -0.1) is 0 Å². The van der Waals surface area contributed by atoms with E-state index >= 15 is 0 Å². The van der Waals surface area contributed by atoms with Crippen LogP contribution in [-0.4, -0.2) is 28.9 Å². The lowest BCUT2D eigenvalue weighted by molar-refractivity contribution is 0.0513. The molecule has 3 heterocycles. The van der Waals surface area contributed by atoms with E-state index in [1.807, 2.05) is 19.9 Å². The molecule has 0 unspecified atom stereocenters. The third kappa shape index (κ3) is 5.75. The summed E-state index contributed by atoms with van der Waals surface area (Å²) >= 11 is 0. The van der Waals surface area contributed by atoms with Gasteiger partial charge in [0, 0.05) is 36.8 Å². The maximum atomic E-state index is 5.81. The van der Waals surface area contributed by atoms with Crippen LogP contribution in [0, 0.1) is 34.6 Å². The maximum Gasteiger partial charge on any atom is 0.184 e. The molecule has 0 saturated heterocycles. The Bertz CT molecular complexity index is 1200. The molecule has 1 aromatic carbocycles. The van der Waals surface area contributed by atoms with Crippen molar-refractivity contribution in [1.29, 1.82) is 0 Å². The number of anilines is 1. The predicted octanol–water partition coefficient (Wildman–Crippen LogP) is 6.97. The molecule has 1 atom stereocenters. The summed E-state index contributed by atoms with van der Waals surface area (Å²) in [5.74, 6) is 0.675. The minimum atomic E-state index is -0.314. The molecule has 4 rings (SSSR count). The van der Waals surface area contributed by atoms with Crippen LogP contribution in [0.5, 0.6) is 0 Å². The molecule has 0 aliphatic carbocycles. The average Bonchev–Trinajstić information content (AvgIpc) is 3.20. The predicted molar refractivity (Wildman–Crippen MR) is 142 cm³/mol. The Morgan fingerprint density at radius 2 is 1.80 bits per heavy atom. The van der Waals surface area contributed by atoms with E-state index in [0.717, 1.165) is 48.6 Å². The summed E-state index contributed by atoms with van der Waals surface area (Å²) in [5.41, 5.74) is 11.5. The zero-order valence-electron chi connectivity index (χ0n) is 22.2. The third-order valence-corrected chi connectivity index (χ3v) is 6.93. The smallest absolute Gasteiger partial charge is 0.184 e.